The van der Waals surface area contributed by atoms with Crippen molar-refractivity contribution in [3.05, 3.63) is 0 Å². The molecule has 1 saturated carbocycles. The third kappa shape index (κ3) is 5.09. The fourth-order valence-corrected chi connectivity index (χ4v) is 4.92. The number of rotatable bonds is 5. The van der Waals surface area contributed by atoms with Gasteiger partial charge in [0.15, 0.2) is 0 Å². The summed E-state index contributed by atoms with van der Waals surface area (Å²) in [6, 6.07) is 1.24. The summed E-state index contributed by atoms with van der Waals surface area (Å²) < 4.78 is 0. The summed E-state index contributed by atoms with van der Waals surface area (Å²) in [6.07, 6.45) is 14.0. The average molecular weight is 343 g/mol. The summed E-state index contributed by atoms with van der Waals surface area (Å²) in [7, 11) is 0. The van der Waals surface area contributed by atoms with Crippen LogP contribution in [0.2, 0.25) is 0 Å². The van der Waals surface area contributed by atoms with Gasteiger partial charge in [0.1, 0.15) is 0 Å². The predicted molar refractivity (Wildman–Crippen MR) is 98.0 cm³/mol. The van der Waals surface area contributed by atoms with Crippen LogP contribution in [0.25, 0.3) is 0 Å². The standard InChI is InChI=1S/C19H34N2O.ClH/c1-2-6-16(13-15-7-4-3-5-8-15)19(22)21-12-11-17-9-10-18(14-21)20-17;/h15-18,20H,2-14H2,1H3;1H. The number of fused-ring (bicyclic) bond motifs is 2. The lowest BCUT2D eigenvalue weighted by atomic mass is 9.81. The number of amides is 1. The van der Waals surface area contributed by atoms with Crippen LogP contribution in [-0.4, -0.2) is 36.0 Å². The predicted octanol–water partition coefficient (Wildman–Crippen LogP) is 4.15. The Labute approximate surface area is 148 Å². The Morgan fingerprint density at radius 2 is 1.83 bits per heavy atom. The molecule has 0 aromatic heterocycles. The van der Waals surface area contributed by atoms with E-state index >= 15 is 0 Å². The highest BCUT2D eigenvalue weighted by molar-refractivity contribution is 5.85. The Balaban J connectivity index is 0.00000192. The lowest BCUT2D eigenvalue weighted by Crippen LogP contribution is -2.42. The molecule has 0 radical (unpaired) electrons. The van der Waals surface area contributed by atoms with Crippen LogP contribution in [-0.2, 0) is 4.79 Å². The zero-order valence-electron chi connectivity index (χ0n) is 14.8. The van der Waals surface area contributed by atoms with Gasteiger partial charge in [-0.05, 0) is 38.0 Å². The van der Waals surface area contributed by atoms with Gasteiger partial charge in [-0.1, -0.05) is 45.4 Å². The molecule has 2 aliphatic heterocycles. The number of carbonyl (C=O) groups is 1. The average Bonchev–Trinajstić information content (AvgIpc) is 2.86. The van der Waals surface area contributed by atoms with Crippen LogP contribution in [0, 0.1) is 11.8 Å². The maximum atomic E-state index is 13.1. The molecular weight excluding hydrogens is 308 g/mol. The molecule has 0 aromatic carbocycles. The molecule has 1 N–H and O–H groups in total. The molecule has 3 aliphatic rings. The first kappa shape index (κ1) is 19.1. The van der Waals surface area contributed by atoms with Crippen molar-refractivity contribution in [1.29, 1.82) is 0 Å². The number of likely N-dealkylation sites (tertiary alicyclic amines) is 1. The van der Waals surface area contributed by atoms with Crippen molar-refractivity contribution in [1.82, 2.24) is 10.2 Å². The van der Waals surface area contributed by atoms with Crippen molar-refractivity contribution in [3.63, 3.8) is 0 Å². The minimum Gasteiger partial charge on any atom is -0.341 e. The van der Waals surface area contributed by atoms with Crippen LogP contribution < -0.4 is 5.32 Å². The molecule has 1 amide bonds. The van der Waals surface area contributed by atoms with E-state index in [9.17, 15) is 4.79 Å². The van der Waals surface area contributed by atoms with E-state index in [4.69, 9.17) is 0 Å². The second-order valence-electron chi connectivity index (χ2n) is 7.94. The third-order valence-corrected chi connectivity index (χ3v) is 6.16. The molecule has 0 spiro atoms. The summed E-state index contributed by atoms with van der Waals surface area (Å²) in [5.74, 6) is 1.59. The van der Waals surface area contributed by atoms with E-state index < -0.39 is 0 Å². The molecule has 2 saturated heterocycles. The molecule has 23 heavy (non-hydrogen) atoms. The van der Waals surface area contributed by atoms with Gasteiger partial charge in [-0.2, -0.15) is 0 Å². The molecule has 3 fully saturated rings. The summed E-state index contributed by atoms with van der Waals surface area (Å²) >= 11 is 0. The number of hydrogen-bond donors (Lipinski definition) is 1. The van der Waals surface area contributed by atoms with Gasteiger partial charge >= 0.3 is 0 Å². The quantitative estimate of drug-likeness (QED) is 0.814. The fourth-order valence-electron chi connectivity index (χ4n) is 4.92. The lowest BCUT2D eigenvalue weighted by molar-refractivity contribution is -0.136. The van der Waals surface area contributed by atoms with Crippen molar-refractivity contribution in [2.45, 2.75) is 89.6 Å². The van der Waals surface area contributed by atoms with Crippen molar-refractivity contribution in [3.8, 4) is 0 Å². The molecule has 1 aliphatic carbocycles. The van der Waals surface area contributed by atoms with Crippen LogP contribution >= 0.6 is 12.4 Å². The molecule has 2 bridgehead atoms. The van der Waals surface area contributed by atoms with E-state index in [1.54, 1.807) is 0 Å². The molecule has 0 aromatic rings. The number of hydrogen-bond acceptors (Lipinski definition) is 2. The minimum absolute atomic E-state index is 0. The van der Waals surface area contributed by atoms with E-state index in [1.165, 1.54) is 44.9 Å². The highest BCUT2D eigenvalue weighted by atomic mass is 35.5. The number of nitrogens with one attached hydrogen (secondary N) is 1. The molecule has 134 valence electrons. The van der Waals surface area contributed by atoms with Crippen molar-refractivity contribution in [2.75, 3.05) is 13.1 Å². The normalized spacial score (nSPS) is 29.7. The van der Waals surface area contributed by atoms with E-state index in [2.05, 4.69) is 17.1 Å². The van der Waals surface area contributed by atoms with Crippen molar-refractivity contribution < 1.29 is 4.79 Å². The molecule has 3 rings (SSSR count). The molecule has 3 nitrogen and oxygen atoms in total. The Kier molecular flexibility index (Phi) is 7.68. The van der Waals surface area contributed by atoms with Gasteiger partial charge in [0, 0.05) is 31.1 Å². The van der Waals surface area contributed by atoms with Gasteiger partial charge in [-0.15, -0.1) is 12.4 Å². The first-order valence-corrected chi connectivity index (χ1v) is 9.81. The van der Waals surface area contributed by atoms with E-state index in [-0.39, 0.29) is 12.4 Å². The second kappa shape index (κ2) is 9.27. The van der Waals surface area contributed by atoms with Gasteiger partial charge in [-0.3, -0.25) is 4.79 Å². The highest BCUT2D eigenvalue weighted by Gasteiger charge is 2.34. The summed E-state index contributed by atoms with van der Waals surface area (Å²) in [5, 5.41) is 3.70. The van der Waals surface area contributed by atoms with Crippen molar-refractivity contribution >= 4 is 18.3 Å². The summed E-state index contributed by atoms with van der Waals surface area (Å²) in [5.41, 5.74) is 0. The molecule has 4 heteroatoms. The van der Waals surface area contributed by atoms with Crippen LogP contribution in [0.4, 0.5) is 0 Å². The lowest BCUT2D eigenvalue weighted by Gasteiger charge is -2.31. The van der Waals surface area contributed by atoms with Gasteiger partial charge in [0.2, 0.25) is 5.91 Å². The van der Waals surface area contributed by atoms with Crippen molar-refractivity contribution in [2.24, 2.45) is 11.8 Å². The summed E-state index contributed by atoms with van der Waals surface area (Å²) in [4.78, 5) is 15.3. The van der Waals surface area contributed by atoms with Gasteiger partial charge in [-0.25, -0.2) is 0 Å². The van der Waals surface area contributed by atoms with E-state index in [0.29, 0.717) is 23.9 Å². The minimum atomic E-state index is 0. The third-order valence-electron chi connectivity index (χ3n) is 6.16. The molecule has 3 unspecified atom stereocenters. The second-order valence-corrected chi connectivity index (χ2v) is 7.94. The monoisotopic (exact) mass is 342 g/mol. The van der Waals surface area contributed by atoms with E-state index in [0.717, 1.165) is 44.7 Å². The maximum absolute atomic E-state index is 13.1. The SMILES string of the molecule is CCCC(CC1CCCCC1)C(=O)N1CCC2CCC(C1)N2.Cl. The zero-order chi connectivity index (χ0) is 15.4. The summed E-state index contributed by atoms with van der Waals surface area (Å²) in [6.45, 7) is 4.17. The van der Waals surface area contributed by atoms with Crippen LogP contribution in [0.3, 0.4) is 0 Å². The van der Waals surface area contributed by atoms with Gasteiger partial charge in [0.25, 0.3) is 0 Å². The molecule has 3 atom stereocenters. The Hall–Kier alpha value is -0.280. The Morgan fingerprint density at radius 1 is 1.09 bits per heavy atom. The van der Waals surface area contributed by atoms with E-state index in [1.807, 2.05) is 0 Å². The fraction of sp³-hybridized carbons (Fsp3) is 0.947. The van der Waals surface area contributed by atoms with Crippen LogP contribution in [0.15, 0.2) is 0 Å². The van der Waals surface area contributed by atoms with Gasteiger partial charge in [0.05, 0.1) is 0 Å². The highest BCUT2D eigenvalue weighted by Crippen LogP contribution is 2.32. The molecule has 2 heterocycles. The van der Waals surface area contributed by atoms with Crippen LogP contribution in [0.1, 0.15) is 77.6 Å². The Bertz CT molecular complexity index is 370. The Morgan fingerprint density at radius 3 is 2.57 bits per heavy atom. The first-order valence-electron chi connectivity index (χ1n) is 9.81. The number of carbonyl (C=O) groups excluding carboxylic acids is 1. The zero-order valence-corrected chi connectivity index (χ0v) is 15.6. The maximum Gasteiger partial charge on any atom is 0.225 e. The van der Waals surface area contributed by atoms with Crippen LogP contribution in [0.5, 0.6) is 0 Å². The number of nitrogens with zero attached hydrogens (tertiary/aromatic N) is 1. The van der Waals surface area contributed by atoms with Gasteiger partial charge < -0.3 is 10.2 Å². The smallest absolute Gasteiger partial charge is 0.225 e. The largest absolute Gasteiger partial charge is 0.341 e. The topological polar surface area (TPSA) is 32.3 Å². The molecular formula is C19H35ClN2O. The first-order chi connectivity index (χ1) is 10.8. The number of halogens is 1.